The van der Waals surface area contributed by atoms with Gasteiger partial charge in [-0.1, -0.05) is 6.07 Å². The van der Waals surface area contributed by atoms with Crippen molar-refractivity contribution in [3.8, 4) is 0 Å². The largest absolute Gasteiger partial charge is 0.263 e. The highest BCUT2D eigenvalue weighted by Gasteiger charge is 2.17. The molecular weight excluding hydrogens is 363 g/mol. The Hall–Kier alpha value is -1.15. The molecule has 6 heteroatoms. The minimum atomic E-state index is -3.58. The Morgan fingerprint density at radius 1 is 1.22 bits per heavy atom. The molecular formula is C12H11IN2O2S. The monoisotopic (exact) mass is 374 g/mol. The van der Waals surface area contributed by atoms with Crippen LogP contribution in [-0.4, -0.2) is 13.4 Å². The second-order valence-corrected chi connectivity index (χ2v) is 6.63. The van der Waals surface area contributed by atoms with Crippen molar-refractivity contribution >= 4 is 38.4 Å². The first-order valence-corrected chi connectivity index (χ1v) is 7.75. The van der Waals surface area contributed by atoms with E-state index in [-0.39, 0.29) is 4.90 Å². The molecule has 2 rings (SSSR count). The van der Waals surface area contributed by atoms with Gasteiger partial charge >= 0.3 is 0 Å². The molecule has 0 saturated carbocycles. The molecule has 4 nitrogen and oxygen atoms in total. The number of nitrogens with zero attached hydrogens (tertiary/aromatic N) is 1. The van der Waals surface area contributed by atoms with Crippen molar-refractivity contribution in [2.75, 3.05) is 4.72 Å². The van der Waals surface area contributed by atoms with Gasteiger partial charge in [0.1, 0.15) is 5.82 Å². The molecule has 0 spiro atoms. The molecule has 2 aromatic rings. The van der Waals surface area contributed by atoms with Crippen LogP contribution in [0.5, 0.6) is 0 Å². The van der Waals surface area contributed by atoms with E-state index in [1.54, 1.807) is 43.5 Å². The summed E-state index contributed by atoms with van der Waals surface area (Å²) < 4.78 is 27.8. The highest BCUT2D eigenvalue weighted by atomic mass is 127. The molecule has 0 atom stereocenters. The fourth-order valence-corrected chi connectivity index (χ4v) is 3.41. The third kappa shape index (κ3) is 2.99. The molecule has 0 radical (unpaired) electrons. The number of halogens is 1. The van der Waals surface area contributed by atoms with E-state index in [4.69, 9.17) is 0 Å². The third-order valence-corrected chi connectivity index (χ3v) is 4.52. The predicted octanol–water partition coefficient (Wildman–Crippen LogP) is 2.80. The number of benzene rings is 1. The molecule has 0 amide bonds. The lowest BCUT2D eigenvalue weighted by Gasteiger charge is -2.09. The Balaban J connectivity index is 2.37. The van der Waals surface area contributed by atoms with Crippen LogP contribution in [0.4, 0.5) is 5.82 Å². The molecule has 0 saturated heterocycles. The van der Waals surface area contributed by atoms with E-state index in [1.165, 1.54) is 0 Å². The van der Waals surface area contributed by atoms with Crippen molar-refractivity contribution in [1.82, 2.24) is 4.98 Å². The Bertz CT molecular complexity index is 657. The summed E-state index contributed by atoms with van der Waals surface area (Å²) in [7, 11) is -3.58. The molecule has 0 unspecified atom stereocenters. The maximum atomic E-state index is 12.2. The molecule has 18 heavy (non-hydrogen) atoms. The number of hydrogen-bond donors (Lipinski definition) is 1. The van der Waals surface area contributed by atoms with Crippen molar-refractivity contribution in [2.45, 2.75) is 11.8 Å². The summed E-state index contributed by atoms with van der Waals surface area (Å²) in [4.78, 5) is 4.22. The average molecular weight is 374 g/mol. The first-order valence-electron chi connectivity index (χ1n) is 5.19. The summed E-state index contributed by atoms with van der Waals surface area (Å²) in [5, 5.41) is 0. The SMILES string of the molecule is Cc1cc(I)ccc1S(=O)(=O)Nc1ccccn1. The highest BCUT2D eigenvalue weighted by Crippen LogP contribution is 2.20. The van der Waals surface area contributed by atoms with Crippen LogP contribution < -0.4 is 4.72 Å². The van der Waals surface area contributed by atoms with Gasteiger partial charge < -0.3 is 0 Å². The van der Waals surface area contributed by atoms with Gasteiger partial charge in [0, 0.05) is 9.77 Å². The van der Waals surface area contributed by atoms with E-state index < -0.39 is 10.0 Å². The topological polar surface area (TPSA) is 59.1 Å². The second kappa shape index (κ2) is 5.23. The maximum Gasteiger partial charge on any atom is 0.263 e. The summed E-state index contributed by atoms with van der Waals surface area (Å²) in [5.41, 5.74) is 0.713. The van der Waals surface area contributed by atoms with Crippen LogP contribution in [0.1, 0.15) is 5.56 Å². The minimum Gasteiger partial charge on any atom is -0.263 e. The van der Waals surface area contributed by atoms with Crippen molar-refractivity contribution < 1.29 is 8.42 Å². The Morgan fingerprint density at radius 2 is 2.00 bits per heavy atom. The van der Waals surface area contributed by atoms with Crippen LogP contribution in [0.25, 0.3) is 0 Å². The summed E-state index contributed by atoms with van der Waals surface area (Å²) in [5.74, 6) is 0.315. The summed E-state index contributed by atoms with van der Waals surface area (Å²) >= 11 is 2.15. The molecule has 1 heterocycles. The Kier molecular flexibility index (Phi) is 3.86. The zero-order valence-corrected chi connectivity index (χ0v) is 12.6. The molecule has 0 aliphatic carbocycles. The van der Waals surface area contributed by atoms with Crippen LogP contribution in [0.2, 0.25) is 0 Å². The number of sulfonamides is 1. The molecule has 1 N–H and O–H groups in total. The molecule has 1 aromatic carbocycles. The third-order valence-electron chi connectivity index (χ3n) is 2.33. The van der Waals surface area contributed by atoms with Crippen LogP contribution in [-0.2, 0) is 10.0 Å². The number of rotatable bonds is 3. The molecule has 94 valence electrons. The lowest BCUT2D eigenvalue weighted by molar-refractivity contribution is 0.600. The number of hydrogen-bond acceptors (Lipinski definition) is 3. The first-order chi connectivity index (χ1) is 8.49. The van der Waals surface area contributed by atoms with Crippen LogP contribution >= 0.6 is 22.6 Å². The van der Waals surface area contributed by atoms with Gasteiger partial charge in [0.25, 0.3) is 10.0 Å². The van der Waals surface area contributed by atoms with Crippen LogP contribution in [0.3, 0.4) is 0 Å². The van der Waals surface area contributed by atoms with E-state index >= 15 is 0 Å². The van der Waals surface area contributed by atoms with E-state index in [9.17, 15) is 8.42 Å². The molecule has 0 bridgehead atoms. The first kappa shape index (κ1) is 13.3. The number of nitrogens with one attached hydrogen (secondary N) is 1. The standard InChI is InChI=1S/C12H11IN2O2S/c1-9-8-10(13)5-6-11(9)18(16,17)15-12-4-2-3-7-14-12/h2-8H,1H3,(H,14,15). The lowest BCUT2D eigenvalue weighted by atomic mass is 10.2. The van der Waals surface area contributed by atoms with Gasteiger partial charge in [-0.2, -0.15) is 0 Å². The van der Waals surface area contributed by atoms with Gasteiger partial charge in [-0.3, -0.25) is 4.72 Å². The number of anilines is 1. The maximum absolute atomic E-state index is 12.2. The molecule has 0 fully saturated rings. The van der Waals surface area contributed by atoms with E-state index in [0.717, 1.165) is 3.57 Å². The molecule has 0 aliphatic rings. The van der Waals surface area contributed by atoms with Crippen molar-refractivity contribution in [1.29, 1.82) is 0 Å². The van der Waals surface area contributed by atoms with Gasteiger partial charge in [-0.05, 0) is 65.4 Å². The summed E-state index contributed by atoms with van der Waals surface area (Å²) in [6, 6.07) is 10.3. The van der Waals surface area contributed by atoms with E-state index in [2.05, 4.69) is 32.3 Å². The van der Waals surface area contributed by atoms with Gasteiger partial charge in [-0.15, -0.1) is 0 Å². The van der Waals surface area contributed by atoms with Crippen molar-refractivity contribution in [3.05, 3.63) is 51.7 Å². The second-order valence-electron chi connectivity index (χ2n) is 3.73. The van der Waals surface area contributed by atoms with Gasteiger partial charge in [-0.25, -0.2) is 13.4 Å². The molecule has 1 aromatic heterocycles. The fraction of sp³-hybridized carbons (Fsp3) is 0.0833. The van der Waals surface area contributed by atoms with Gasteiger partial charge in [0.15, 0.2) is 0 Å². The number of aromatic nitrogens is 1. The van der Waals surface area contributed by atoms with E-state index in [1.807, 2.05) is 6.07 Å². The normalized spacial score (nSPS) is 11.2. The number of pyridine rings is 1. The quantitative estimate of drug-likeness (QED) is 0.841. The summed E-state index contributed by atoms with van der Waals surface area (Å²) in [6.45, 7) is 1.77. The Labute approximate surface area is 120 Å². The van der Waals surface area contributed by atoms with Crippen LogP contribution in [0, 0.1) is 10.5 Å². The zero-order chi connectivity index (χ0) is 13.2. The highest BCUT2D eigenvalue weighted by molar-refractivity contribution is 14.1. The lowest BCUT2D eigenvalue weighted by Crippen LogP contribution is -2.15. The predicted molar refractivity (Wildman–Crippen MR) is 78.9 cm³/mol. The smallest absolute Gasteiger partial charge is 0.263 e. The molecule has 0 aliphatic heterocycles. The minimum absolute atomic E-state index is 0.272. The summed E-state index contributed by atoms with van der Waals surface area (Å²) in [6.07, 6.45) is 1.54. The van der Waals surface area contributed by atoms with E-state index in [0.29, 0.717) is 11.4 Å². The average Bonchev–Trinajstić information content (AvgIpc) is 2.29. The Morgan fingerprint density at radius 3 is 2.61 bits per heavy atom. The number of aryl methyl sites for hydroxylation is 1. The fourth-order valence-electron chi connectivity index (χ4n) is 1.53. The van der Waals surface area contributed by atoms with Crippen LogP contribution in [0.15, 0.2) is 47.5 Å². The van der Waals surface area contributed by atoms with Gasteiger partial charge in [0.2, 0.25) is 0 Å². The van der Waals surface area contributed by atoms with Crippen molar-refractivity contribution in [3.63, 3.8) is 0 Å². The zero-order valence-electron chi connectivity index (χ0n) is 9.59. The van der Waals surface area contributed by atoms with Crippen molar-refractivity contribution in [2.24, 2.45) is 0 Å². The van der Waals surface area contributed by atoms with Gasteiger partial charge in [0.05, 0.1) is 4.90 Å².